The number of primary amides is 1. The Morgan fingerprint density at radius 1 is 1.29 bits per heavy atom. The van der Waals surface area contributed by atoms with E-state index in [0.29, 0.717) is 39.1 Å². The molecule has 0 radical (unpaired) electrons. The van der Waals surface area contributed by atoms with Crippen LogP contribution in [0.2, 0.25) is 0 Å². The lowest BCUT2D eigenvalue weighted by molar-refractivity contribution is -0.132. The third kappa shape index (κ3) is 5.62. The fourth-order valence-electron chi connectivity index (χ4n) is 2.63. The fraction of sp³-hybridized carbons (Fsp3) is 0.529. The molecule has 1 aliphatic rings. The van der Waals surface area contributed by atoms with Crippen LogP contribution in [-0.4, -0.2) is 50.6 Å². The molecule has 0 spiro atoms. The van der Waals surface area contributed by atoms with Gasteiger partial charge in [0.05, 0.1) is 12.0 Å². The number of nitrogens with zero attached hydrogens (tertiary/aromatic N) is 2. The zero-order chi connectivity index (χ0) is 16.7. The molecule has 6 nitrogen and oxygen atoms in total. The van der Waals surface area contributed by atoms with Gasteiger partial charge >= 0.3 is 0 Å². The second-order valence-corrected chi connectivity index (χ2v) is 6.13. The van der Waals surface area contributed by atoms with Crippen LogP contribution in [0.3, 0.4) is 0 Å². The number of nitrogens with two attached hydrogens (primary N) is 1. The van der Waals surface area contributed by atoms with E-state index in [1.54, 1.807) is 0 Å². The summed E-state index contributed by atoms with van der Waals surface area (Å²) in [5.41, 5.74) is 6.23. The molecule has 1 fully saturated rings. The molecule has 2 rings (SSSR count). The molecule has 0 atom stereocenters. The normalized spacial score (nSPS) is 16.8. The maximum atomic E-state index is 11.9. The second kappa shape index (κ2) is 9.83. The number of hydrogen-bond acceptors (Lipinski definition) is 3. The first-order valence-electron chi connectivity index (χ1n) is 7.91. The van der Waals surface area contributed by atoms with Gasteiger partial charge in [0, 0.05) is 33.9 Å². The van der Waals surface area contributed by atoms with Crippen LogP contribution in [0.25, 0.3) is 0 Å². The van der Waals surface area contributed by atoms with E-state index in [4.69, 9.17) is 10.5 Å². The third-order valence-electron chi connectivity index (χ3n) is 4.24. The van der Waals surface area contributed by atoms with Crippen molar-refractivity contribution in [1.82, 2.24) is 10.2 Å². The number of carbonyl (C=O) groups is 1. The molecule has 1 amide bonds. The zero-order valence-corrected chi connectivity index (χ0v) is 16.7. The highest BCUT2D eigenvalue weighted by Gasteiger charge is 2.38. The molecule has 1 aliphatic heterocycles. The Morgan fingerprint density at radius 3 is 2.46 bits per heavy atom. The SMILES string of the molecule is CN(C)C(=NCc1ccccc1)NCC1(C(N)=O)CCOCC1.I. The number of rotatable bonds is 5. The molecule has 0 unspecified atom stereocenters. The molecule has 0 aliphatic carbocycles. The number of carbonyl (C=O) groups excluding carboxylic acids is 1. The van der Waals surface area contributed by atoms with Gasteiger partial charge in [-0.15, -0.1) is 24.0 Å². The predicted octanol–water partition coefficient (Wildman–Crippen LogP) is 1.59. The highest BCUT2D eigenvalue weighted by atomic mass is 127. The monoisotopic (exact) mass is 446 g/mol. The summed E-state index contributed by atoms with van der Waals surface area (Å²) in [4.78, 5) is 18.4. The Bertz CT molecular complexity index is 543. The van der Waals surface area contributed by atoms with Crippen molar-refractivity contribution in [2.45, 2.75) is 19.4 Å². The van der Waals surface area contributed by atoms with Gasteiger partial charge in [-0.25, -0.2) is 4.99 Å². The maximum absolute atomic E-state index is 11.9. The van der Waals surface area contributed by atoms with Crippen molar-refractivity contribution in [2.24, 2.45) is 16.1 Å². The van der Waals surface area contributed by atoms with Gasteiger partial charge in [-0.05, 0) is 18.4 Å². The molecule has 1 heterocycles. The number of hydrogen-bond donors (Lipinski definition) is 2. The predicted molar refractivity (Wildman–Crippen MR) is 106 cm³/mol. The summed E-state index contributed by atoms with van der Waals surface area (Å²) in [6, 6.07) is 10.1. The average molecular weight is 446 g/mol. The van der Waals surface area contributed by atoms with Gasteiger partial charge in [0.25, 0.3) is 0 Å². The first kappa shape index (κ1) is 20.7. The largest absolute Gasteiger partial charge is 0.381 e. The summed E-state index contributed by atoms with van der Waals surface area (Å²) < 4.78 is 5.36. The Hall–Kier alpha value is -1.35. The average Bonchev–Trinajstić information content (AvgIpc) is 2.56. The van der Waals surface area contributed by atoms with Crippen LogP contribution >= 0.6 is 24.0 Å². The lowest BCUT2D eigenvalue weighted by Gasteiger charge is -2.35. The number of aliphatic imine (C=N–C) groups is 1. The van der Waals surface area contributed by atoms with Gasteiger partial charge in [-0.2, -0.15) is 0 Å². The van der Waals surface area contributed by atoms with Gasteiger partial charge in [0.1, 0.15) is 0 Å². The van der Waals surface area contributed by atoms with Crippen molar-refractivity contribution in [1.29, 1.82) is 0 Å². The van der Waals surface area contributed by atoms with Gasteiger partial charge in [0.2, 0.25) is 5.91 Å². The minimum Gasteiger partial charge on any atom is -0.381 e. The highest BCUT2D eigenvalue weighted by Crippen LogP contribution is 2.29. The van der Waals surface area contributed by atoms with Crippen molar-refractivity contribution in [3.8, 4) is 0 Å². The van der Waals surface area contributed by atoms with E-state index in [9.17, 15) is 4.79 Å². The molecule has 3 N–H and O–H groups in total. The first-order valence-corrected chi connectivity index (χ1v) is 7.91. The quantitative estimate of drug-likeness (QED) is 0.409. The van der Waals surface area contributed by atoms with Crippen LogP contribution in [0, 0.1) is 5.41 Å². The molecular weight excluding hydrogens is 419 g/mol. The topological polar surface area (TPSA) is 80.0 Å². The van der Waals surface area contributed by atoms with E-state index in [-0.39, 0.29) is 29.9 Å². The van der Waals surface area contributed by atoms with Crippen LogP contribution < -0.4 is 11.1 Å². The van der Waals surface area contributed by atoms with Gasteiger partial charge in [-0.3, -0.25) is 4.79 Å². The minimum atomic E-state index is -0.554. The van der Waals surface area contributed by atoms with Gasteiger partial charge in [0.15, 0.2) is 5.96 Å². The number of ether oxygens (including phenoxy) is 1. The molecule has 0 bridgehead atoms. The first-order chi connectivity index (χ1) is 11.0. The molecule has 134 valence electrons. The lowest BCUT2D eigenvalue weighted by Crippen LogP contribution is -2.51. The number of halogens is 1. The van der Waals surface area contributed by atoms with Gasteiger partial charge in [-0.1, -0.05) is 30.3 Å². The van der Waals surface area contributed by atoms with Crippen molar-refractivity contribution in [3.05, 3.63) is 35.9 Å². The molecular formula is C17H27IN4O2. The molecule has 0 aromatic heterocycles. The van der Waals surface area contributed by atoms with E-state index in [1.165, 1.54) is 0 Å². The Labute approximate surface area is 160 Å². The van der Waals surface area contributed by atoms with E-state index >= 15 is 0 Å². The van der Waals surface area contributed by atoms with E-state index in [1.807, 2.05) is 49.3 Å². The highest BCUT2D eigenvalue weighted by molar-refractivity contribution is 14.0. The second-order valence-electron chi connectivity index (χ2n) is 6.13. The van der Waals surface area contributed by atoms with Crippen LogP contribution in [0.4, 0.5) is 0 Å². The zero-order valence-electron chi connectivity index (χ0n) is 14.3. The standard InChI is InChI=1S/C17H26N4O2.HI/c1-21(2)16(19-12-14-6-4-3-5-7-14)20-13-17(15(18)22)8-10-23-11-9-17;/h3-7H,8-13H2,1-2H3,(H2,18,22)(H,19,20);1H. The van der Waals surface area contributed by atoms with Crippen molar-refractivity contribution in [3.63, 3.8) is 0 Å². The number of benzene rings is 1. The van der Waals surface area contributed by atoms with Crippen LogP contribution in [0.1, 0.15) is 18.4 Å². The molecule has 1 aromatic rings. The van der Waals surface area contributed by atoms with E-state index in [2.05, 4.69) is 10.3 Å². The molecule has 7 heteroatoms. The van der Waals surface area contributed by atoms with E-state index in [0.717, 1.165) is 11.5 Å². The third-order valence-corrected chi connectivity index (χ3v) is 4.24. The van der Waals surface area contributed by atoms with Crippen LogP contribution in [0.5, 0.6) is 0 Å². The summed E-state index contributed by atoms with van der Waals surface area (Å²) in [6.45, 7) is 2.22. The van der Waals surface area contributed by atoms with Crippen LogP contribution in [0.15, 0.2) is 35.3 Å². The summed E-state index contributed by atoms with van der Waals surface area (Å²) in [5, 5.41) is 3.30. The molecule has 0 saturated carbocycles. The molecule has 1 aromatic carbocycles. The van der Waals surface area contributed by atoms with Crippen molar-refractivity contribution < 1.29 is 9.53 Å². The minimum absolute atomic E-state index is 0. The van der Waals surface area contributed by atoms with Crippen LogP contribution in [-0.2, 0) is 16.1 Å². The van der Waals surface area contributed by atoms with Crippen molar-refractivity contribution in [2.75, 3.05) is 33.9 Å². The fourth-order valence-corrected chi connectivity index (χ4v) is 2.63. The summed E-state index contributed by atoms with van der Waals surface area (Å²) in [7, 11) is 3.86. The van der Waals surface area contributed by atoms with Gasteiger partial charge < -0.3 is 20.7 Å². The van der Waals surface area contributed by atoms with Crippen molar-refractivity contribution >= 4 is 35.8 Å². The summed E-state index contributed by atoms with van der Waals surface area (Å²) in [5.74, 6) is 0.482. The number of nitrogens with one attached hydrogen (secondary N) is 1. The lowest BCUT2D eigenvalue weighted by atomic mass is 9.79. The Kier molecular flexibility index (Phi) is 8.47. The maximum Gasteiger partial charge on any atom is 0.225 e. The Morgan fingerprint density at radius 2 is 1.92 bits per heavy atom. The molecule has 1 saturated heterocycles. The molecule has 24 heavy (non-hydrogen) atoms. The smallest absolute Gasteiger partial charge is 0.225 e. The van der Waals surface area contributed by atoms with E-state index < -0.39 is 5.41 Å². The Balaban J connectivity index is 0.00000288. The number of amides is 1. The summed E-state index contributed by atoms with van der Waals surface area (Å²) >= 11 is 0. The number of guanidine groups is 1. The summed E-state index contributed by atoms with van der Waals surface area (Å²) in [6.07, 6.45) is 1.30.